The lowest BCUT2D eigenvalue weighted by molar-refractivity contribution is -0.165. The van der Waals surface area contributed by atoms with Crippen LogP contribution in [0.15, 0.2) is 0 Å². The predicted molar refractivity (Wildman–Crippen MR) is 79.1 cm³/mol. The van der Waals surface area contributed by atoms with Crippen LogP contribution in [0.25, 0.3) is 0 Å². The standard InChI is InChI=1S/C16H25NO5/c1-15(2,3)22-13(19)11-6-4-9-17(11)12(18)10-16(14(20)21)7-5-8-16/h11H,4-10H2,1-3H3,(H,20,21)/t11-/m0/s1. The molecule has 1 N–H and O–H groups in total. The van der Waals surface area contributed by atoms with Crippen LogP contribution in [0.2, 0.25) is 0 Å². The summed E-state index contributed by atoms with van der Waals surface area (Å²) >= 11 is 0. The highest BCUT2D eigenvalue weighted by Gasteiger charge is 2.48. The lowest BCUT2D eigenvalue weighted by Crippen LogP contribution is -2.48. The molecule has 0 aromatic rings. The lowest BCUT2D eigenvalue weighted by atomic mass is 9.66. The monoisotopic (exact) mass is 311 g/mol. The number of carboxylic acids is 1. The van der Waals surface area contributed by atoms with Crippen molar-refractivity contribution in [3.63, 3.8) is 0 Å². The van der Waals surface area contributed by atoms with Crippen LogP contribution in [-0.4, -0.2) is 46.0 Å². The van der Waals surface area contributed by atoms with Crippen molar-refractivity contribution in [3.8, 4) is 0 Å². The van der Waals surface area contributed by atoms with E-state index in [1.807, 2.05) is 0 Å². The molecular weight excluding hydrogens is 286 g/mol. The van der Waals surface area contributed by atoms with Crippen LogP contribution in [0.4, 0.5) is 0 Å². The quantitative estimate of drug-likeness (QED) is 0.802. The molecule has 0 spiro atoms. The Labute approximate surface area is 130 Å². The SMILES string of the molecule is CC(C)(C)OC(=O)[C@@H]1CCCN1C(=O)CC1(C(=O)O)CCC1. The van der Waals surface area contributed by atoms with Crippen molar-refractivity contribution in [2.75, 3.05) is 6.54 Å². The second kappa shape index (κ2) is 5.89. The minimum atomic E-state index is -0.918. The number of rotatable bonds is 4. The minimum absolute atomic E-state index is 0.0123. The number of carbonyl (C=O) groups is 3. The zero-order chi connectivity index (χ0) is 16.5. The maximum absolute atomic E-state index is 12.5. The lowest BCUT2D eigenvalue weighted by Gasteiger charge is -2.38. The minimum Gasteiger partial charge on any atom is -0.481 e. The molecule has 22 heavy (non-hydrogen) atoms. The van der Waals surface area contributed by atoms with E-state index in [-0.39, 0.29) is 12.3 Å². The van der Waals surface area contributed by atoms with Gasteiger partial charge in [-0.25, -0.2) is 4.79 Å². The van der Waals surface area contributed by atoms with Gasteiger partial charge in [-0.3, -0.25) is 9.59 Å². The van der Waals surface area contributed by atoms with Gasteiger partial charge in [0.2, 0.25) is 5.91 Å². The first-order valence-corrected chi connectivity index (χ1v) is 7.90. The number of amides is 1. The maximum Gasteiger partial charge on any atom is 0.329 e. The van der Waals surface area contributed by atoms with Gasteiger partial charge in [0.05, 0.1) is 5.41 Å². The molecule has 1 amide bonds. The fourth-order valence-corrected chi connectivity index (χ4v) is 3.14. The maximum atomic E-state index is 12.5. The number of carbonyl (C=O) groups excluding carboxylic acids is 2. The molecule has 2 rings (SSSR count). The highest BCUT2D eigenvalue weighted by atomic mass is 16.6. The summed E-state index contributed by atoms with van der Waals surface area (Å²) in [7, 11) is 0. The van der Waals surface area contributed by atoms with E-state index in [1.165, 1.54) is 4.90 Å². The van der Waals surface area contributed by atoms with Gasteiger partial charge in [0, 0.05) is 13.0 Å². The summed E-state index contributed by atoms with van der Waals surface area (Å²) in [4.78, 5) is 37.6. The van der Waals surface area contributed by atoms with Crippen LogP contribution >= 0.6 is 0 Å². The molecule has 2 aliphatic rings. The normalized spacial score (nSPS) is 23.8. The number of esters is 1. The van der Waals surface area contributed by atoms with Crippen molar-refractivity contribution < 1.29 is 24.2 Å². The molecule has 1 atom stereocenters. The van der Waals surface area contributed by atoms with Gasteiger partial charge in [-0.2, -0.15) is 0 Å². The summed E-state index contributed by atoms with van der Waals surface area (Å²) in [5.41, 5.74) is -1.51. The van der Waals surface area contributed by atoms with E-state index in [0.717, 1.165) is 12.8 Å². The molecule has 124 valence electrons. The number of carboxylic acid groups (broad SMARTS) is 1. The molecule has 0 bridgehead atoms. The highest BCUT2D eigenvalue weighted by molar-refractivity contribution is 5.89. The summed E-state index contributed by atoms with van der Waals surface area (Å²) in [5, 5.41) is 9.34. The molecule has 0 aromatic carbocycles. The van der Waals surface area contributed by atoms with Gasteiger partial charge in [-0.1, -0.05) is 6.42 Å². The van der Waals surface area contributed by atoms with Gasteiger partial charge in [0.1, 0.15) is 11.6 Å². The van der Waals surface area contributed by atoms with Crippen LogP contribution in [0.1, 0.15) is 59.3 Å². The fraction of sp³-hybridized carbons (Fsp3) is 0.812. The first-order chi connectivity index (χ1) is 10.1. The number of nitrogens with zero attached hydrogens (tertiary/aromatic N) is 1. The van der Waals surface area contributed by atoms with E-state index in [9.17, 15) is 19.5 Å². The van der Waals surface area contributed by atoms with Gasteiger partial charge in [-0.05, 0) is 46.5 Å². The van der Waals surface area contributed by atoms with Crippen LogP contribution < -0.4 is 0 Å². The topological polar surface area (TPSA) is 83.9 Å². The predicted octanol–water partition coefficient (Wildman–Crippen LogP) is 1.96. The molecule has 6 nitrogen and oxygen atoms in total. The zero-order valence-electron chi connectivity index (χ0n) is 13.6. The zero-order valence-corrected chi connectivity index (χ0v) is 13.6. The molecule has 1 saturated carbocycles. The Morgan fingerprint density at radius 2 is 1.86 bits per heavy atom. The number of ether oxygens (including phenoxy) is 1. The summed E-state index contributed by atoms with van der Waals surface area (Å²) in [6, 6.07) is -0.572. The summed E-state index contributed by atoms with van der Waals surface area (Å²) in [5.74, 6) is -1.54. The Morgan fingerprint density at radius 1 is 1.23 bits per heavy atom. The second-order valence-electron chi connectivity index (χ2n) is 7.39. The smallest absolute Gasteiger partial charge is 0.329 e. The van der Waals surface area contributed by atoms with Gasteiger partial charge in [-0.15, -0.1) is 0 Å². The first-order valence-electron chi connectivity index (χ1n) is 7.90. The summed E-state index contributed by atoms with van der Waals surface area (Å²) < 4.78 is 5.37. The molecule has 1 aliphatic heterocycles. The van der Waals surface area contributed by atoms with E-state index < -0.39 is 29.0 Å². The third-order valence-corrected chi connectivity index (χ3v) is 4.51. The van der Waals surface area contributed by atoms with E-state index in [0.29, 0.717) is 25.8 Å². The Morgan fingerprint density at radius 3 is 2.32 bits per heavy atom. The molecule has 0 aromatic heterocycles. The van der Waals surface area contributed by atoms with Crippen molar-refractivity contribution in [2.45, 2.75) is 70.9 Å². The molecular formula is C16H25NO5. The first kappa shape index (κ1) is 16.8. The van der Waals surface area contributed by atoms with Crippen LogP contribution in [0, 0.1) is 5.41 Å². The Balaban J connectivity index is 2.02. The van der Waals surface area contributed by atoms with Gasteiger partial charge in [0.15, 0.2) is 0 Å². The van der Waals surface area contributed by atoms with Crippen molar-refractivity contribution in [2.24, 2.45) is 5.41 Å². The molecule has 0 unspecified atom stereocenters. The number of hydrogen-bond acceptors (Lipinski definition) is 4. The van der Waals surface area contributed by atoms with Crippen molar-refractivity contribution in [3.05, 3.63) is 0 Å². The van der Waals surface area contributed by atoms with E-state index in [4.69, 9.17) is 4.74 Å². The highest BCUT2D eigenvalue weighted by Crippen LogP contribution is 2.45. The van der Waals surface area contributed by atoms with Gasteiger partial charge < -0.3 is 14.7 Å². The summed E-state index contributed by atoms with van der Waals surface area (Å²) in [6.07, 6.45) is 3.24. The Kier molecular flexibility index (Phi) is 4.49. The third kappa shape index (κ3) is 3.42. The average molecular weight is 311 g/mol. The van der Waals surface area contributed by atoms with Crippen LogP contribution in [0.5, 0.6) is 0 Å². The Hall–Kier alpha value is -1.59. The van der Waals surface area contributed by atoms with Crippen LogP contribution in [0.3, 0.4) is 0 Å². The van der Waals surface area contributed by atoms with E-state index >= 15 is 0 Å². The fourth-order valence-electron chi connectivity index (χ4n) is 3.14. The molecule has 2 fully saturated rings. The van der Waals surface area contributed by atoms with Gasteiger partial charge in [0.25, 0.3) is 0 Å². The molecule has 6 heteroatoms. The molecule has 0 radical (unpaired) electrons. The van der Waals surface area contributed by atoms with Crippen molar-refractivity contribution >= 4 is 17.8 Å². The Bertz CT molecular complexity index is 475. The average Bonchev–Trinajstić information content (AvgIpc) is 2.79. The molecule has 1 saturated heterocycles. The number of aliphatic carboxylic acids is 1. The van der Waals surface area contributed by atoms with Gasteiger partial charge >= 0.3 is 11.9 Å². The van der Waals surface area contributed by atoms with Crippen molar-refractivity contribution in [1.82, 2.24) is 4.90 Å². The molecule has 1 aliphatic carbocycles. The number of likely N-dealkylation sites (tertiary alicyclic amines) is 1. The third-order valence-electron chi connectivity index (χ3n) is 4.51. The van der Waals surface area contributed by atoms with Crippen molar-refractivity contribution in [1.29, 1.82) is 0 Å². The summed E-state index contributed by atoms with van der Waals surface area (Å²) in [6.45, 7) is 5.87. The van der Waals surface area contributed by atoms with Crippen LogP contribution in [-0.2, 0) is 19.1 Å². The largest absolute Gasteiger partial charge is 0.481 e. The van der Waals surface area contributed by atoms with E-state index in [1.54, 1.807) is 20.8 Å². The second-order valence-corrected chi connectivity index (χ2v) is 7.39. The van der Waals surface area contributed by atoms with E-state index in [2.05, 4.69) is 0 Å². The molecule has 1 heterocycles. The number of hydrogen-bond donors (Lipinski definition) is 1.